The van der Waals surface area contributed by atoms with E-state index in [2.05, 4.69) is 17.0 Å². The molecule has 3 nitrogen and oxygen atoms in total. The summed E-state index contributed by atoms with van der Waals surface area (Å²) < 4.78 is 26.3. The third kappa shape index (κ3) is 4.26. The summed E-state index contributed by atoms with van der Waals surface area (Å²) in [5.74, 6) is -1.47. The Kier molecular flexibility index (Phi) is 5.86. The maximum absolute atomic E-state index is 13.3. The minimum absolute atomic E-state index is 0.112. The van der Waals surface area contributed by atoms with Crippen molar-refractivity contribution in [2.75, 3.05) is 19.6 Å². The Morgan fingerprint density at radius 3 is 2.50 bits per heavy atom. The van der Waals surface area contributed by atoms with Crippen LogP contribution in [-0.4, -0.2) is 24.5 Å². The second kappa shape index (κ2) is 7.87. The first-order chi connectivity index (χ1) is 10.6. The Balaban J connectivity index is 1.86. The second-order valence-corrected chi connectivity index (χ2v) is 5.77. The van der Waals surface area contributed by atoms with Crippen LogP contribution in [0.2, 0.25) is 0 Å². The molecule has 0 bridgehead atoms. The zero-order valence-corrected chi connectivity index (χ0v) is 12.4. The molecule has 1 aliphatic rings. The summed E-state index contributed by atoms with van der Waals surface area (Å²) in [5, 5.41) is 17.7. The molecule has 1 aromatic carbocycles. The lowest BCUT2D eigenvalue weighted by Gasteiger charge is -2.33. The van der Waals surface area contributed by atoms with Crippen molar-refractivity contribution in [1.82, 2.24) is 4.90 Å². The number of likely N-dealkylation sites (tertiary alicyclic amines) is 1. The van der Waals surface area contributed by atoms with Crippen LogP contribution >= 0.6 is 0 Å². The molecular formula is C17H19F2N3. The zero-order valence-electron chi connectivity index (χ0n) is 12.4. The second-order valence-electron chi connectivity index (χ2n) is 5.77. The first-order valence-corrected chi connectivity index (χ1v) is 7.58. The quantitative estimate of drug-likeness (QED) is 0.835. The number of rotatable bonds is 5. The Morgan fingerprint density at radius 2 is 1.91 bits per heavy atom. The van der Waals surface area contributed by atoms with Crippen LogP contribution in [0.5, 0.6) is 0 Å². The van der Waals surface area contributed by atoms with Gasteiger partial charge in [0.25, 0.3) is 0 Å². The van der Waals surface area contributed by atoms with E-state index >= 15 is 0 Å². The molecule has 0 radical (unpaired) electrons. The lowest BCUT2D eigenvalue weighted by molar-refractivity contribution is 0.193. The van der Waals surface area contributed by atoms with E-state index in [1.165, 1.54) is 12.1 Å². The largest absolute Gasteiger partial charge is 0.302 e. The summed E-state index contributed by atoms with van der Waals surface area (Å²) in [6.45, 7) is 2.37. The highest BCUT2D eigenvalue weighted by Crippen LogP contribution is 2.29. The average molecular weight is 303 g/mol. The molecule has 0 aliphatic carbocycles. The number of hydrogen-bond acceptors (Lipinski definition) is 3. The predicted octanol–water partition coefficient (Wildman–Crippen LogP) is 3.59. The molecule has 116 valence electrons. The molecular weight excluding hydrogens is 284 g/mol. The predicted molar refractivity (Wildman–Crippen MR) is 78.7 cm³/mol. The van der Waals surface area contributed by atoms with Gasteiger partial charge in [0.2, 0.25) is 0 Å². The maximum Gasteiger partial charge on any atom is 0.159 e. The van der Waals surface area contributed by atoms with Gasteiger partial charge >= 0.3 is 0 Å². The van der Waals surface area contributed by atoms with E-state index in [-0.39, 0.29) is 11.8 Å². The number of nitriles is 2. The van der Waals surface area contributed by atoms with Crippen molar-refractivity contribution >= 4 is 0 Å². The summed E-state index contributed by atoms with van der Waals surface area (Å²) in [5.41, 5.74) is 0.847. The fourth-order valence-corrected chi connectivity index (χ4v) is 2.96. The van der Waals surface area contributed by atoms with E-state index in [1.54, 1.807) is 6.07 Å². The summed E-state index contributed by atoms with van der Waals surface area (Å²) in [7, 11) is 0. The molecule has 1 saturated heterocycles. The van der Waals surface area contributed by atoms with Gasteiger partial charge in [-0.15, -0.1) is 0 Å². The molecule has 0 unspecified atom stereocenters. The van der Waals surface area contributed by atoms with Crippen LogP contribution in [0.1, 0.15) is 37.2 Å². The summed E-state index contributed by atoms with van der Waals surface area (Å²) in [6, 6.07) is 8.46. The third-order valence-corrected chi connectivity index (χ3v) is 4.27. The molecule has 1 aromatic rings. The van der Waals surface area contributed by atoms with E-state index in [9.17, 15) is 8.78 Å². The average Bonchev–Trinajstić information content (AvgIpc) is 2.54. The highest BCUT2D eigenvalue weighted by atomic mass is 19.2. The van der Waals surface area contributed by atoms with Crippen LogP contribution in [-0.2, 0) is 0 Å². The van der Waals surface area contributed by atoms with Crippen molar-refractivity contribution in [1.29, 1.82) is 10.5 Å². The van der Waals surface area contributed by atoms with Gasteiger partial charge in [0.15, 0.2) is 11.6 Å². The van der Waals surface area contributed by atoms with Crippen LogP contribution in [0.25, 0.3) is 0 Å². The van der Waals surface area contributed by atoms with Gasteiger partial charge in [-0.1, -0.05) is 6.07 Å². The Bertz CT molecular complexity index is 581. The van der Waals surface area contributed by atoms with E-state index in [0.717, 1.165) is 31.5 Å². The Labute approximate surface area is 129 Å². The molecule has 1 aliphatic heterocycles. The van der Waals surface area contributed by atoms with E-state index in [1.807, 2.05) is 0 Å². The molecule has 0 amide bonds. The van der Waals surface area contributed by atoms with Crippen molar-refractivity contribution in [2.45, 2.75) is 31.6 Å². The van der Waals surface area contributed by atoms with Gasteiger partial charge in [0.05, 0.1) is 18.1 Å². The lowest BCUT2D eigenvalue weighted by atomic mass is 9.89. The zero-order chi connectivity index (χ0) is 15.9. The molecule has 0 N–H and O–H groups in total. The number of nitrogens with zero attached hydrogens (tertiary/aromatic N) is 3. The minimum atomic E-state index is -0.810. The van der Waals surface area contributed by atoms with Crippen LogP contribution in [0.3, 0.4) is 0 Å². The van der Waals surface area contributed by atoms with Crippen LogP contribution in [0.15, 0.2) is 18.2 Å². The van der Waals surface area contributed by atoms with Gasteiger partial charge in [-0.2, -0.15) is 10.5 Å². The summed E-state index contributed by atoms with van der Waals surface area (Å²) in [4.78, 5) is 2.22. The van der Waals surface area contributed by atoms with Crippen molar-refractivity contribution in [3.8, 4) is 12.1 Å². The Morgan fingerprint density at radius 1 is 1.18 bits per heavy atom. The smallest absolute Gasteiger partial charge is 0.159 e. The van der Waals surface area contributed by atoms with E-state index in [0.29, 0.717) is 19.4 Å². The molecule has 1 heterocycles. The van der Waals surface area contributed by atoms with Crippen LogP contribution in [0, 0.1) is 40.2 Å². The molecule has 5 heteroatoms. The van der Waals surface area contributed by atoms with Gasteiger partial charge in [0.1, 0.15) is 0 Å². The van der Waals surface area contributed by atoms with Gasteiger partial charge in [-0.25, -0.2) is 8.78 Å². The monoisotopic (exact) mass is 303 g/mol. The molecule has 1 fully saturated rings. The fraction of sp³-hybridized carbons (Fsp3) is 0.529. The topological polar surface area (TPSA) is 50.8 Å². The van der Waals surface area contributed by atoms with Crippen LogP contribution in [0.4, 0.5) is 8.78 Å². The lowest BCUT2D eigenvalue weighted by Crippen LogP contribution is -2.36. The number of hydrogen-bond donors (Lipinski definition) is 0. The van der Waals surface area contributed by atoms with E-state index in [4.69, 9.17) is 10.5 Å². The molecule has 0 spiro atoms. The molecule has 22 heavy (non-hydrogen) atoms. The molecule has 0 saturated carbocycles. The van der Waals surface area contributed by atoms with Crippen molar-refractivity contribution in [3.05, 3.63) is 35.4 Å². The summed E-state index contributed by atoms with van der Waals surface area (Å²) >= 11 is 0. The maximum atomic E-state index is 13.3. The third-order valence-electron chi connectivity index (χ3n) is 4.27. The highest BCUT2D eigenvalue weighted by molar-refractivity contribution is 5.22. The number of benzene rings is 1. The van der Waals surface area contributed by atoms with Crippen molar-refractivity contribution in [2.24, 2.45) is 5.92 Å². The fourth-order valence-electron chi connectivity index (χ4n) is 2.96. The first kappa shape index (κ1) is 16.4. The normalized spacial score (nSPS) is 17.6. The van der Waals surface area contributed by atoms with Crippen molar-refractivity contribution in [3.63, 3.8) is 0 Å². The first-order valence-electron chi connectivity index (χ1n) is 7.58. The van der Waals surface area contributed by atoms with Gasteiger partial charge < -0.3 is 4.90 Å². The highest BCUT2D eigenvalue weighted by Gasteiger charge is 2.23. The Hall–Kier alpha value is -1.98. The van der Waals surface area contributed by atoms with Gasteiger partial charge in [-0.3, -0.25) is 0 Å². The molecule has 2 rings (SSSR count). The minimum Gasteiger partial charge on any atom is -0.302 e. The van der Waals surface area contributed by atoms with Crippen molar-refractivity contribution < 1.29 is 8.78 Å². The SMILES string of the molecule is N#CCC[C@@H](C#N)CN1CCC(c2ccc(F)c(F)c2)CC1. The van der Waals surface area contributed by atoms with Crippen LogP contribution < -0.4 is 0 Å². The van der Waals surface area contributed by atoms with E-state index < -0.39 is 11.6 Å². The molecule has 1 atom stereocenters. The number of piperidine rings is 1. The van der Waals surface area contributed by atoms with Gasteiger partial charge in [0, 0.05) is 13.0 Å². The standard InChI is InChI=1S/C17H19F2N3/c18-16-4-3-15(10-17(16)19)14-5-8-22(9-6-14)12-13(11-21)2-1-7-20/h3-4,10,13-14H,1-2,5-6,8-9,12H2/t13-/m0/s1. The molecule has 0 aromatic heterocycles. The van der Waals surface area contributed by atoms with Gasteiger partial charge in [-0.05, 0) is 56.0 Å². The summed E-state index contributed by atoms with van der Waals surface area (Å²) in [6.07, 6.45) is 2.77. The number of halogens is 2.